The largest absolute Gasteiger partial charge is 0.207 e. The van der Waals surface area contributed by atoms with Gasteiger partial charge in [0.15, 0.2) is 0 Å². The highest BCUT2D eigenvalue weighted by Crippen LogP contribution is 2.42. The van der Waals surface area contributed by atoms with Gasteiger partial charge in [0.1, 0.15) is 5.82 Å². The van der Waals surface area contributed by atoms with Gasteiger partial charge >= 0.3 is 0 Å². The minimum atomic E-state index is -0.137. The molecule has 64 valence electrons. The average Bonchev–Trinajstić information content (AvgIpc) is 2.02. The normalized spacial score (nSPS) is 20.2. The lowest BCUT2D eigenvalue weighted by molar-refractivity contribution is 0.272. The molecule has 0 aliphatic heterocycles. The molecule has 1 aromatic carbocycles. The Balaban J connectivity index is 2.28. The number of rotatable bonds is 1. The monoisotopic (exact) mass is 164 g/mol. The molecule has 0 spiro atoms. The van der Waals surface area contributed by atoms with Crippen LogP contribution >= 0.6 is 0 Å². The summed E-state index contributed by atoms with van der Waals surface area (Å²) >= 11 is 0. The van der Waals surface area contributed by atoms with Crippen molar-refractivity contribution in [1.82, 2.24) is 0 Å². The van der Waals surface area contributed by atoms with Gasteiger partial charge in [-0.15, -0.1) is 0 Å². The molecular weight excluding hydrogens is 151 g/mol. The first-order valence-corrected chi connectivity index (χ1v) is 4.47. The summed E-state index contributed by atoms with van der Waals surface area (Å²) in [5.74, 6) is -0.137. The van der Waals surface area contributed by atoms with E-state index in [1.165, 1.54) is 24.8 Å². The zero-order chi connectivity index (χ0) is 8.60. The molecule has 0 aromatic heterocycles. The van der Waals surface area contributed by atoms with Crippen LogP contribution in [-0.2, 0) is 5.41 Å². The summed E-state index contributed by atoms with van der Waals surface area (Å²) in [6, 6.07) is 6.93. The van der Waals surface area contributed by atoms with Gasteiger partial charge in [0.25, 0.3) is 0 Å². The highest BCUT2D eigenvalue weighted by molar-refractivity contribution is 5.27. The summed E-state index contributed by atoms with van der Waals surface area (Å²) in [7, 11) is 0. The van der Waals surface area contributed by atoms with Gasteiger partial charge in [0, 0.05) is 0 Å². The van der Waals surface area contributed by atoms with Gasteiger partial charge in [-0.2, -0.15) is 0 Å². The summed E-state index contributed by atoms with van der Waals surface area (Å²) in [6.07, 6.45) is 3.81. The van der Waals surface area contributed by atoms with E-state index in [0.717, 1.165) is 0 Å². The van der Waals surface area contributed by atoms with Crippen LogP contribution in [-0.4, -0.2) is 0 Å². The Bertz CT molecular complexity index is 270. The molecule has 2 rings (SSSR count). The topological polar surface area (TPSA) is 0 Å². The molecule has 0 nitrogen and oxygen atoms in total. The van der Waals surface area contributed by atoms with Crippen LogP contribution in [0.4, 0.5) is 4.39 Å². The van der Waals surface area contributed by atoms with Crippen LogP contribution in [0, 0.1) is 5.82 Å². The van der Waals surface area contributed by atoms with Crippen LogP contribution in [0.1, 0.15) is 31.7 Å². The first-order valence-electron chi connectivity index (χ1n) is 4.47. The van der Waals surface area contributed by atoms with E-state index < -0.39 is 0 Å². The van der Waals surface area contributed by atoms with E-state index in [9.17, 15) is 4.39 Å². The van der Waals surface area contributed by atoms with Gasteiger partial charge in [-0.25, -0.2) is 4.39 Å². The Morgan fingerprint density at radius 2 is 1.75 bits per heavy atom. The van der Waals surface area contributed by atoms with Gasteiger partial charge in [-0.05, 0) is 36.0 Å². The zero-order valence-corrected chi connectivity index (χ0v) is 7.31. The predicted octanol–water partition coefficient (Wildman–Crippen LogP) is 3.27. The average molecular weight is 164 g/mol. The molecule has 0 radical (unpaired) electrons. The third-order valence-corrected chi connectivity index (χ3v) is 3.00. The molecule has 0 N–H and O–H groups in total. The van der Waals surface area contributed by atoms with E-state index >= 15 is 0 Å². The summed E-state index contributed by atoms with van der Waals surface area (Å²) in [5, 5.41) is 0. The number of hydrogen-bond acceptors (Lipinski definition) is 0. The van der Waals surface area contributed by atoms with Gasteiger partial charge in [0.05, 0.1) is 0 Å². The molecule has 0 saturated heterocycles. The van der Waals surface area contributed by atoms with E-state index in [1.54, 1.807) is 12.1 Å². The maximum absolute atomic E-state index is 12.6. The molecule has 1 aliphatic rings. The molecule has 0 atom stereocenters. The Morgan fingerprint density at radius 1 is 1.17 bits per heavy atom. The molecule has 1 saturated carbocycles. The predicted molar refractivity (Wildman–Crippen MR) is 47.6 cm³/mol. The van der Waals surface area contributed by atoms with Crippen LogP contribution < -0.4 is 0 Å². The Labute approximate surface area is 72.4 Å². The van der Waals surface area contributed by atoms with Crippen LogP contribution in [0.15, 0.2) is 24.3 Å². The van der Waals surface area contributed by atoms with E-state index in [0.29, 0.717) is 5.41 Å². The van der Waals surface area contributed by atoms with Crippen LogP contribution in [0.5, 0.6) is 0 Å². The highest BCUT2D eigenvalue weighted by atomic mass is 19.1. The molecule has 1 aliphatic carbocycles. The molecule has 1 fully saturated rings. The zero-order valence-electron chi connectivity index (χ0n) is 7.31. The Hall–Kier alpha value is -0.850. The maximum Gasteiger partial charge on any atom is 0.123 e. The summed E-state index contributed by atoms with van der Waals surface area (Å²) in [6.45, 7) is 2.25. The van der Waals surface area contributed by atoms with Gasteiger partial charge in [-0.3, -0.25) is 0 Å². The molecule has 0 amide bonds. The molecule has 1 aromatic rings. The van der Waals surface area contributed by atoms with E-state index in [4.69, 9.17) is 0 Å². The van der Waals surface area contributed by atoms with Crippen LogP contribution in [0.2, 0.25) is 0 Å². The fraction of sp³-hybridized carbons (Fsp3) is 0.455. The quantitative estimate of drug-likeness (QED) is 0.597. The molecule has 0 bridgehead atoms. The van der Waals surface area contributed by atoms with E-state index in [2.05, 4.69) is 6.92 Å². The SMILES string of the molecule is CC1(c2ccc(F)cc2)CCC1. The third-order valence-electron chi connectivity index (χ3n) is 3.00. The van der Waals surface area contributed by atoms with Gasteiger partial charge in [-0.1, -0.05) is 25.5 Å². The third kappa shape index (κ3) is 1.13. The summed E-state index contributed by atoms with van der Waals surface area (Å²) in [5.41, 5.74) is 1.63. The lowest BCUT2D eigenvalue weighted by Crippen LogP contribution is -2.30. The van der Waals surface area contributed by atoms with Gasteiger partial charge < -0.3 is 0 Å². The first kappa shape index (κ1) is 7.78. The molecule has 12 heavy (non-hydrogen) atoms. The van der Waals surface area contributed by atoms with Crippen molar-refractivity contribution in [3.8, 4) is 0 Å². The Kier molecular flexibility index (Phi) is 1.67. The number of benzene rings is 1. The molecule has 1 heteroatoms. The van der Waals surface area contributed by atoms with Crippen LogP contribution in [0.25, 0.3) is 0 Å². The smallest absolute Gasteiger partial charge is 0.123 e. The van der Waals surface area contributed by atoms with Crippen molar-refractivity contribution in [1.29, 1.82) is 0 Å². The lowest BCUT2D eigenvalue weighted by atomic mass is 9.66. The number of hydrogen-bond donors (Lipinski definition) is 0. The number of halogens is 1. The minimum absolute atomic E-state index is 0.137. The summed E-state index contributed by atoms with van der Waals surface area (Å²) < 4.78 is 12.6. The van der Waals surface area contributed by atoms with Crippen molar-refractivity contribution in [2.75, 3.05) is 0 Å². The second-order valence-corrected chi connectivity index (χ2v) is 3.92. The molecule has 0 unspecified atom stereocenters. The van der Waals surface area contributed by atoms with Crippen molar-refractivity contribution in [3.05, 3.63) is 35.6 Å². The fourth-order valence-electron chi connectivity index (χ4n) is 1.85. The maximum atomic E-state index is 12.6. The van der Waals surface area contributed by atoms with Crippen LogP contribution in [0.3, 0.4) is 0 Å². The van der Waals surface area contributed by atoms with Crippen molar-refractivity contribution >= 4 is 0 Å². The standard InChI is InChI=1S/C11H13F/c1-11(7-2-8-11)9-3-5-10(12)6-4-9/h3-6H,2,7-8H2,1H3. The second-order valence-electron chi connectivity index (χ2n) is 3.92. The van der Waals surface area contributed by atoms with Crippen molar-refractivity contribution in [3.63, 3.8) is 0 Å². The molecular formula is C11H13F. The van der Waals surface area contributed by atoms with E-state index in [1.807, 2.05) is 12.1 Å². The first-order chi connectivity index (χ1) is 5.71. The van der Waals surface area contributed by atoms with E-state index in [-0.39, 0.29) is 5.82 Å². The van der Waals surface area contributed by atoms with Gasteiger partial charge in [0.2, 0.25) is 0 Å². The van der Waals surface area contributed by atoms with Crippen molar-refractivity contribution in [2.24, 2.45) is 0 Å². The highest BCUT2D eigenvalue weighted by Gasteiger charge is 2.33. The molecule has 0 heterocycles. The minimum Gasteiger partial charge on any atom is -0.207 e. The Morgan fingerprint density at radius 3 is 2.17 bits per heavy atom. The summed E-state index contributed by atoms with van der Waals surface area (Å²) in [4.78, 5) is 0. The fourth-order valence-corrected chi connectivity index (χ4v) is 1.85. The van der Waals surface area contributed by atoms with Crippen molar-refractivity contribution < 1.29 is 4.39 Å². The lowest BCUT2D eigenvalue weighted by Gasteiger charge is -2.38. The van der Waals surface area contributed by atoms with Crippen molar-refractivity contribution in [2.45, 2.75) is 31.6 Å². The second kappa shape index (κ2) is 2.58.